The Bertz CT molecular complexity index is 979. The van der Waals surface area contributed by atoms with Crippen molar-refractivity contribution in [2.75, 3.05) is 32.8 Å². The van der Waals surface area contributed by atoms with Crippen molar-refractivity contribution in [1.82, 2.24) is 14.9 Å². The molecule has 0 aliphatic carbocycles. The van der Waals surface area contributed by atoms with Crippen LogP contribution in [0.3, 0.4) is 0 Å². The van der Waals surface area contributed by atoms with E-state index < -0.39 is 6.29 Å². The van der Waals surface area contributed by atoms with E-state index in [1.54, 1.807) is 0 Å². The normalized spacial score (nSPS) is 23.4. The van der Waals surface area contributed by atoms with Crippen LogP contribution in [0.1, 0.15) is 64.0 Å². The minimum absolute atomic E-state index is 0.0682. The summed E-state index contributed by atoms with van der Waals surface area (Å²) in [6, 6.07) is 20.7. The molecule has 35 heavy (non-hydrogen) atoms. The van der Waals surface area contributed by atoms with Crippen LogP contribution in [0.4, 0.5) is 0 Å². The molecule has 0 spiro atoms. The summed E-state index contributed by atoms with van der Waals surface area (Å²) in [6.07, 6.45) is 8.68. The average Bonchev–Trinajstić information content (AvgIpc) is 3.36. The lowest BCUT2D eigenvalue weighted by Crippen LogP contribution is -2.36. The van der Waals surface area contributed by atoms with Crippen molar-refractivity contribution in [1.29, 1.82) is 0 Å². The fourth-order valence-corrected chi connectivity index (χ4v) is 5.31. The van der Waals surface area contributed by atoms with Crippen LogP contribution in [-0.4, -0.2) is 47.7 Å². The third kappa shape index (κ3) is 6.21. The number of benzene rings is 2. The van der Waals surface area contributed by atoms with E-state index in [-0.39, 0.29) is 5.41 Å². The second-order valence-corrected chi connectivity index (χ2v) is 10.6. The molecule has 2 aliphatic rings. The van der Waals surface area contributed by atoms with Gasteiger partial charge in [0.2, 0.25) is 6.29 Å². The summed E-state index contributed by atoms with van der Waals surface area (Å²) >= 11 is 0. The van der Waals surface area contributed by atoms with E-state index in [4.69, 9.17) is 14.5 Å². The molecule has 2 aromatic carbocycles. The van der Waals surface area contributed by atoms with E-state index >= 15 is 0 Å². The number of nitrogens with zero attached hydrogens (tertiary/aromatic N) is 2. The molecular formula is C30H39N3O2. The molecule has 2 fully saturated rings. The smallest absolute Gasteiger partial charge is 0.217 e. The Morgan fingerprint density at radius 2 is 1.51 bits per heavy atom. The van der Waals surface area contributed by atoms with Crippen LogP contribution in [0.15, 0.2) is 60.7 Å². The molecule has 5 rings (SSSR count). The van der Waals surface area contributed by atoms with E-state index in [2.05, 4.69) is 53.2 Å². The van der Waals surface area contributed by atoms with Crippen molar-refractivity contribution >= 4 is 0 Å². The molecule has 3 heterocycles. The molecule has 3 aromatic rings. The quantitative estimate of drug-likeness (QED) is 0.346. The predicted octanol–water partition coefficient (Wildman–Crippen LogP) is 6.84. The second kappa shape index (κ2) is 11.5. The Morgan fingerprint density at radius 3 is 2.20 bits per heavy atom. The molecule has 0 saturated carbocycles. The molecule has 5 heteroatoms. The van der Waals surface area contributed by atoms with Gasteiger partial charge in [-0.15, -0.1) is 0 Å². The molecule has 1 N–H and O–H groups in total. The Morgan fingerprint density at radius 1 is 0.857 bits per heavy atom. The van der Waals surface area contributed by atoms with Gasteiger partial charge in [0.05, 0.1) is 24.6 Å². The van der Waals surface area contributed by atoms with Gasteiger partial charge in [-0.25, -0.2) is 4.98 Å². The average molecular weight is 474 g/mol. The third-order valence-corrected chi connectivity index (χ3v) is 7.42. The predicted molar refractivity (Wildman–Crippen MR) is 141 cm³/mol. The highest BCUT2D eigenvalue weighted by atomic mass is 16.7. The number of hydrogen-bond acceptors (Lipinski definition) is 4. The first kappa shape index (κ1) is 24.2. The number of ether oxygens (including phenoxy) is 2. The largest absolute Gasteiger partial charge is 0.345 e. The zero-order chi connectivity index (χ0) is 23.9. The monoisotopic (exact) mass is 473 g/mol. The lowest BCUT2D eigenvalue weighted by molar-refractivity contribution is -0.235. The summed E-state index contributed by atoms with van der Waals surface area (Å²) in [5.74, 6) is 0.742. The zero-order valence-corrected chi connectivity index (χ0v) is 21.0. The van der Waals surface area contributed by atoms with Gasteiger partial charge < -0.3 is 19.4 Å². The molecule has 0 bridgehead atoms. The van der Waals surface area contributed by atoms with Gasteiger partial charge in [0.15, 0.2) is 5.82 Å². The number of aromatic nitrogens is 2. The second-order valence-electron chi connectivity index (χ2n) is 10.6. The Balaban J connectivity index is 1.18. The fourth-order valence-electron chi connectivity index (χ4n) is 5.31. The van der Waals surface area contributed by atoms with Crippen molar-refractivity contribution in [3.63, 3.8) is 0 Å². The van der Waals surface area contributed by atoms with Crippen LogP contribution in [0.2, 0.25) is 0 Å². The van der Waals surface area contributed by atoms with Crippen molar-refractivity contribution in [2.45, 2.75) is 58.2 Å². The van der Waals surface area contributed by atoms with E-state index in [9.17, 15) is 0 Å². The Hall–Kier alpha value is -2.47. The van der Waals surface area contributed by atoms with Gasteiger partial charge >= 0.3 is 0 Å². The number of likely N-dealkylation sites (tertiary alicyclic amines) is 1. The first-order valence-electron chi connectivity index (χ1n) is 13.4. The van der Waals surface area contributed by atoms with Crippen molar-refractivity contribution in [3.8, 4) is 22.5 Å². The van der Waals surface area contributed by atoms with Crippen molar-refractivity contribution in [3.05, 3.63) is 66.5 Å². The van der Waals surface area contributed by atoms with Gasteiger partial charge in [-0.3, -0.25) is 0 Å². The van der Waals surface area contributed by atoms with Crippen LogP contribution in [0.5, 0.6) is 0 Å². The number of H-pyrrole nitrogens is 1. The summed E-state index contributed by atoms with van der Waals surface area (Å²) < 4.78 is 12.5. The standard InChI is InChI=1S/C30H39N3O2/c1-30(18-10-4-11-19-33-20-12-5-13-21-33)22-34-29(35-23-30)28-31-26(24-14-6-2-7-15-24)27(32-28)25-16-8-3-9-17-25/h2-3,6-9,14-17,29H,4-5,10-13,18-23H2,1H3,(H,31,32)/t29-,30+. The van der Waals surface area contributed by atoms with E-state index in [1.165, 1.54) is 58.2 Å². The van der Waals surface area contributed by atoms with Crippen molar-refractivity contribution < 1.29 is 9.47 Å². The summed E-state index contributed by atoms with van der Waals surface area (Å²) in [6.45, 7) is 7.55. The summed E-state index contributed by atoms with van der Waals surface area (Å²) in [5, 5.41) is 0. The minimum Gasteiger partial charge on any atom is -0.345 e. The maximum absolute atomic E-state index is 6.25. The molecule has 0 unspecified atom stereocenters. The topological polar surface area (TPSA) is 50.4 Å². The molecule has 2 saturated heterocycles. The Kier molecular flexibility index (Phi) is 7.97. The SMILES string of the molecule is C[C@]1(CCCCCN2CCCCC2)CO[C@@H](c2nc(-c3ccccc3)c(-c3ccccc3)[nH]2)OC1. The van der Waals surface area contributed by atoms with Crippen molar-refractivity contribution in [2.24, 2.45) is 5.41 Å². The number of rotatable bonds is 9. The van der Waals surface area contributed by atoms with Gasteiger partial charge in [-0.05, 0) is 45.3 Å². The summed E-state index contributed by atoms with van der Waals surface area (Å²) in [5.41, 5.74) is 4.19. The van der Waals surface area contributed by atoms with Gasteiger partial charge in [-0.1, -0.05) is 86.8 Å². The van der Waals surface area contributed by atoms with Crippen LogP contribution in [0, 0.1) is 5.41 Å². The maximum Gasteiger partial charge on any atom is 0.217 e. The number of piperidine rings is 1. The van der Waals surface area contributed by atoms with E-state index in [0.717, 1.165) is 34.8 Å². The summed E-state index contributed by atoms with van der Waals surface area (Å²) in [7, 11) is 0. The van der Waals surface area contributed by atoms with Gasteiger partial charge in [0.1, 0.15) is 0 Å². The number of hydrogen-bond donors (Lipinski definition) is 1. The molecular weight excluding hydrogens is 434 g/mol. The molecule has 5 nitrogen and oxygen atoms in total. The van der Waals surface area contributed by atoms with Gasteiger partial charge in [-0.2, -0.15) is 0 Å². The first-order valence-corrected chi connectivity index (χ1v) is 13.4. The number of nitrogens with one attached hydrogen (secondary N) is 1. The van der Waals surface area contributed by atoms with Crippen LogP contribution >= 0.6 is 0 Å². The summed E-state index contributed by atoms with van der Waals surface area (Å²) in [4.78, 5) is 11.1. The number of unbranched alkanes of at least 4 members (excludes halogenated alkanes) is 2. The highest BCUT2D eigenvalue weighted by molar-refractivity contribution is 5.78. The van der Waals surface area contributed by atoms with Crippen LogP contribution in [0.25, 0.3) is 22.5 Å². The maximum atomic E-state index is 6.25. The lowest BCUT2D eigenvalue weighted by atomic mass is 9.86. The first-order chi connectivity index (χ1) is 17.2. The minimum atomic E-state index is -0.456. The van der Waals surface area contributed by atoms with Crippen LogP contribution in [-0.2, 0) is 9.47 Å². The highest BCUT2D eigenvalue weighted by Gasteiger charge is 2.34. The number of aromatic amines is 1. The van der Waals surface area contributed by atoms with Gasteiger partial charge in [0, 0.05) is 16.5 Å². The van der Waals surface area contributed by atoms with E-state index in [0.29, 0.717) is 13.2 Å². The fraction of sp³-hybridized carbons (Fsp3) is 0.500. The lowest BCUT2D eigenvalue weighted by Gasteiger charge is -2.36. The zero-order valence-electron chi connectivity index (χ0n) is 21.0. The molecule has 186 valence electrons. The molecule has 1 aromatic heterocycles. The van der Waals surface area contributed by atoms with Crippen LogP contribution < -0.4 is 0 Å². The number of imidazole rings is 1. The highest BCUT2D eigenvalue weighted by Crippen LogP contribution is 2.37. The molecule has 0 atom stereocenters. The molecule has 2 aliphatic heterocycles. The van der Waals surface area contributed by atoms with E-state index in [1.807, 2.05) is 24.3 Å². The van der Waals surface area contributed by atoms with Gasteiger partial charge in [0.25, 0.3) is 0 Å². The molecule has 0 radical (unpaired) electrons. The molecule has 0 amide bonds. The Labute approximate surface area is 209 Å². The third-order valence-electron chi connectivity index (χ3n) is 7.42.